The highest BCUT2D eigenvalue weighted by Crippen LogP contribution is 2.32. The Bertz CT molecular complexity index is 812. The average Bonchev–Trinajstić information content (AvgIpc) is 2.72. The third-order valence-electron chi connectivity index (χ3n) is 2.77. The number of H-pyrrole nitrogens is 1. The van der Waals surface area contributed by atoms with Gasteiger partial charge >= 0.3 is 0 Å². The van der Waals surface area contributed by atoms with Gasteiger partial charge in [0.1, 0.15) is 5.02 Å². The van der Waals surface area contributed by atoms with Crippen molar-refractivity contribution < 1.29 is 0 Å². The summed E-state index contributed by atoms with van der Waals surface area (Å²) in [5.41, 5.74) is 0.756. The second-order valence-electron chi connectivity index (χ2n) is 3.74. The molecule has 1 N–H and O–H groups in total. The van der Waals surface area contributed by atoms with Gasteiger partial charge in [-0.05, 0) is 18.2 Å². The van der Waals surface area contributed by atoms with Gasteiger partial charge in [-0.15, -0.1) is 0 Å². The molecule has 0 saturated carbocycles. The van der Waals surface area contributed by atoms with E-state index in [1.165, 1.54) is 0 Å². The first-order valence-corrected chi connectivity index (χ1v) is 6.02. The van der Waals surface area contributed by atoms with E-state index in [1.807, 2.05) is 18.2 Å². The van der Waals surface area contributed by atoms with Crippen LogP contribution in [-0.2, 0) is 0 Å². The van der Waals surface area contributed by atoms with Crippen LogP contribution in [0.15, 0.2) is 38.5 Å². The Labute approximate surface area is 109 Å². The molecule has 3 aromatic rings. The zero-order valence-corrected chi connectivity index (χ0v) is 10.7. The van der Waals surface area contributed by atoms with Gasteiger partial charge in [0.2, 0.25) is 10.9 Å². The summed E-state index contributed by atoms with van der Waals surface area (Å²) in [6.45, 7) is 0. The van der Waals surface area contributed by atoms with Crippen LogP contribution in [-0.4, -0.2) is 4.98 Å². The summed E-state index contributed by atoms with van der Waals surface area (Å²) in [6, 6.07) is 5.67. The highest BCUT2D eigenvalue weighted by Gasteiger charge is 2.22. The molecule has 0 bridgehead atoms. The monoisotopic (exact) mass is 309 g/mol. The van der Waals surface area contributed by atoms with Crippen LogP contribution in [0.25, 0.3) is 22.0 Å². The molecule has 3 nitrogen and oxygen atoms in total. The van der Waals surface area contributed by atoms with Gasteiger partial charge in [0.25, 0.3) is 0 Å². The van der Waals surface area contributed by atoms with Crippen molar-refractivity contribution in [1.82, 2.24) is 4.98 Å². The Morgan fingerprint density at radius 1 is 1.18 bits per heavy atom. The fourth-order valence-electron chi connectivity index (χ4n) is 1.90. The summed E-state index contributed by atoms with van der Waals surface area (Å²) in [4.78, 5) is 25.6. The van der Waals surface area contributed by atoms with Crippen LogP contribution in [0.1, 0.15) is 0 Å². The predicted molar refractivity (Wildman–Crippen MR) is 71.4 cm³/mol. The van der Waals surface area contributed by atoms with Crippen molar-refractivity contribution in [3.8, 4) is 11.1 Å². The lowest BCUT2D eigenvalue weighted by Crippen LogP contribution is -2.33. The van der Waals surface area contributed by atoms with Gasteiger partial charge in [0, 0.05) is 27.1 Å². The number of aromatic nitrogens is 1. The molecule has 0 unspecified atom stereocenters. The first kappa shape index (κ1) is 10.7. The lowest BCUT2D eigenvalue weighted by Gasteiger charge is -2.03. The zero-order valence-electron chi connectivity index (χ0n) is 8.38. The molecule has 0 aliphatic heterocycles. The van der Waals surface area contributed by atoms with E-state index in [-0.39, 0.29) is 5.02 Å². The van der Waals surface area contributed by atoms with Gasteiger partial charge in [-0.2, -0.15) is 0 Å². The molecular formula is C12H5BrClNO2. The number of rotatable bonds is 1. The molecule has 0 spiro atoms. The second kappa shape index (κ2) is 3.55. The standard InChI is InChI=1S/C12H5BrClNO2/c13-5-1-2-8-6(3-5)7(4-15-8)9-10(14)12(17)11(9)16/h1-4,15H. The maximum absolute atomic E-state index is 11.5. The van der Waals surface area contributed by atoms with Gasteiger partial charge in [0.05, 0.1) is 5.56 Å². The number of fused-ring (bicyclic) bond motifs is 1. The maximum Gasteiger partial charge on any atom is 0.245 e. The smallest absolute Gasteiger partial charge is 0.245 e. The molecule has 0 saturated heterocycles. The van der Waals surface area contributed by atoms with E-state index in [4.69, 9.17) is 11.6 Å². The summed E-state index contributed by atoms with van der Waals surface area (Å²) < 4.78 is 0.903. The Kier molecular flexibility index (Phi) is 2.24. The minimum atomic E-state index is -0.606. The average molecular weight is 311 g/mol. The van der Waals surface area contributed by atoms with E-state index < -0.39 is 10.9 Å². The van der Waals surface area contributed by atoms with Crippen LogP contribution in [0.4, 0.5) is 0 Å². The zero-order chi connectivity index (χ0) is 12.2. The maximum atomic E-state index is 11.5. The molecule has 84 valence electrons. The van der Waals surface area contributed by atoms with Crippen molar-refractivity contribution in [2.24, 2.45) is 0 Å². The predicted octanol–water partition coefficient (Wildman–Crippen LogP) is 2.85. The van der Waals surface area contributed by atoms with E-state index in [0.717, 1.165) is 15.4 Å². The number of nitrogens with one attached hydrogen (secondary N) is 1. The van der Waals surface area contributed by atoms with Crippen molar-refractivity contribution in [3.63, 3.8) is 0 Å². The number of benzene rings is 1. The van der Waals surface area contributed by atoms with Crippen LogP contribution >= 0.6 is 27.5 Å². The third-order valence-corrected chi connectivity index (χ3v) is 3.62. The van der Waals surface area contributed by atoms with Crippen molar-refractivity contribution in [3.05, 3.63) is 54.3 Å². The number of halogens is 2. The molecule has 1 heterocycles. The summed E-state index contributed by atoms with van der Waals surface area (Å²) in [5, 5.41) is 0.893. The molecule has 0 amide bonds. The summed E-state index contributed by atoms with van der Waals surface area (Å²) in [6.07, 6.45) is 1.69. The van der Waals surface area contributed by atoms with Crippen LogP contribution in [0, 0.1) is 0 Å². The van der Waals surface area contributed by atoms with E-state index in [2.05, 4.69) is 20.9 Å². The molecule has 3 rings (SSSR count). The molecule has 1 aromatic heterocycles. The lowest BCUT2D eigenvalue weighted by atomic mass is 10.0. The van der Waals surface area contributed by atoms with Gasteiger partial charge in [-0.3, -0.25) is 9.59 Å². The third kappa shape index (κ3) is 1.41. The Morgan fingerprint density at radius 2 is 1.94 bits per heavy atom. The highest BCUT2D eigenvalue weighted by molar-refractivity contribution is 9.10. The van der Waals surface area contributed by atoms with Crippen LogP contribution in [0.2, 0.25) is 5.02 Å². The Hall–Kier alpha value is -1.39. The normalized spacial score (nSPS) is 11.4. The van der Waals surface area contributed by atoms with Crippen molar-refractivity contribution >= 4 is 38.4 Å². The van der Waals surface area contributed by atoms with Crippen molar-refractivity contribution in [1.29, 1.82) is 0 Å². The molecule has 0 aliphatic rings. The van der Waals surface area contributed by atoms with Crippen molar-refractivity contribution in [2.45, 2.75) is 0 Å². The van der Waals surface area contributed by atoms with Crippen molar-refractivity contribution in [2.75, 3.05) is 0 Å². The summed E-state index contributed by atoms with van der Waals surface area (Å²) >= 11 is 9.14. The molecule has 0 radical (unpaired) electrons. The largest absolute Gasteiger partial charge is 0.361 e. The first-order chi connectivity index (χ1) is 8.09. The lowest BCUT2D eigenvalue weighted by molar-refractivity contribution is 1.40. The second-order valence-corrected chi connectivity index (χ2v) is 5.03. The van der Waals surface area contributed by atoms with Crippen LogP contribution < -0.4 is 10.9 Å². The minimum absolute atomic E-state index is 0.0240. The summed E-state index contributed by atoms with van der Waals surface area (Å²) in [7, 11) is 0. The molecule has 5 heteroatoms. The van der Waals surface area contributed by atoms with Gasteiger partial charge in [-0.25, -0.2) is 0 Å². The fraction of sp³-hybridized carbons (Fsp3) is 0. The SMILES string of the molecule is O=c1c(Cl)c(-c2c[nH]c3ccc(Br)cc23)c1=O. The van der Waals surface area contributed by atoms with E-state index in [9.17, 15) is 9.59 Å². The van der Waals surface area contributed by atoms with Crippen LogP contribution in [0.3, 0.4) is 0 Å². The number of hydrogen-bond acceptors (Lipinski definition) is 2. The molecule has 17 heavy (non-hydrogen) atoms. The fourth-order valence-corrected chi connectivity index (χ4v) is 2.54. The minimum Gasteiger partial charge on any atom is -0.361 e. The first-order valence-electron chi connectivity index (χ1n) is 4.85. The number of aromatic amines is 1. The topological polar surface area (TPSA) is 49.9 Å². The molecular weight excluding hydrogens is 305 g/mol. The molecule has 0 aliphatic carbocycles. The van der Waals surface area contributed by atoms with Crippen LogP contribution in [0.5, 0.6) is 0 Å². The molecule has 0 fully saturated rings. The summed E-state index contributed by atoms with van der Waals surface area (Å²) in [5.74, 6) is 0. The van der Waals surface area contributed by atoms with Gasteiger partial charge in [-0.1, -0.05) is 27.5 Å². The van der Waals surface area contributed by atoms with Gasteiger partial charge in [0.15, 0.2) is 0 Å². The number of hydrogen-bond donors (Lipinski definition) is 1. The molecule has 2 aromatic carbocycles. The van der Waals surface area contributed by atoms with E-state index in [0.29, 0.717) is 11.1 Å². The van der Waals surface area contributed by atoms with E-state index >= 15 is 0 Å². The molecule has 0 atom stereocenters. The van der Waals surface area contributed by atoms with Gasteiger partial charge < -0.3 is 4.98 Å². The Balaban J connectivity index is 2.36. The van der Waals surface area contributed by atoms with E-state index in [1.54, 1.807) is 6.20 Å². The Morgan fingerprint density at radius 3 is 2.65 bits per heavy atom. The highest BCUT2D eigenvalue weighted by atomic mass is 79.9. The quantitative estimate of drug-likeness (QED) is 0.703.